The van der Waals surface area contributed by atoms with Crippen LogP contribution in [0.2, 0.25) is 0 Å². The summed E-state index contributed by atoms with van der Waals surface area (Å²) in [6, 6.07) is 4.56. The lowest BCUT2D eigenvalue weighted by atomic mass is 9.95. The van der Waals surface area contributed by atoms with Gasteiger partial charge in [-0.25, -0.2) is 13.2 Å². The Morgan fingerprint density at radius 2 is 1.94 bits per heavy atom. The number of rotatable bonds is 7. The van der Waals surface area contributed by atoms with E-state index in [-0.39, 0.29) is 22.4 Å². The van der Waals surface area contributed by atoms with Crippen molar-refractivity contribution >= 4 is 50.0 Å². The van der Waals surface area contributed by atoms with E-state index < -0.39 is 16.0 Å². The van der Waals surface area contributed by atoms with Gasteiger partial charge in [-0.3, -0.25) is 9.52 Å². The molecule has 1 aliphatic carbocycles. The van der Waals surface area contributed by atoms with E-state index >= 15 is 0 Å². The van der Waals surface area contributed by atoms with Crippen LogP contribution in [0.4, 0.5) is 5.00 Å². The van der Waals surface area contributed by atoms with Gasteiger partial charge in [-0.2, -0.15) is 0 Å². The quantitative estimate of drug-likeness (QED) is 0.434. The van der Waals surface area contributed by atoms with Gasteiger partial charge in [0.15, 0.2) is 0 Å². The van der Waals surface area contributed by atoms with Crippen LogP contribution in [0.3, 0.4) is 0 Å². The predicted molar refractivity (Wildman–Crippen MR) is 133 cm³/mol. The average Bonchev–Trinajstić information content (AvgIpc) is 3.21. The summed E-state index contributed by atoms with van der Waals surface area (Å²) in [7, 11) is -4.05. The van der Waals surface area contributed by atoms with Crippen LogP contribution in [-0.2, 0) is 32.3 Å². The summed E-state index contributed by atoms with van der Waals surface area (Å²) >= 11 is 2.68. The minimum atomic E-state index is -4.05. The van der Waals surface area contributed by atoms with Crippen LogP contribution >= 0.6 is 23.1 Å². The number of hydrogen-bond donors (Lipinski definition) is 1. The summed E-state index contributed by atoms with van der Waals surface area (Å²) in [5.41, 5.74) is 1.54. The van der Waals surface area contributed by atoms with Gasteiger partial charge in [-0.1, -0.05) is 0 Å². The molecule has 2 heterocycles. The second-order valence-corrected chi connectivity index (χ2v) is 11.6. The van der Waals surface area contributed by atoms with Crippen LogP contribution in [0.1, 0.15) is 50.9 Å². The van der Waals surface area contributed by atoms with Crippen molar-refractivity contribution < 1.29 is 27.5 Å². The average molecular weight is 525 g/mol. The standard InChI is InChI=1S/C23H28N2O6S3/c1-3-31-23(27)20-16-6-4-5-7-19(16)33-21(20)24-34(28,29)15-8-9-18(32-2)17(14-15)22(26)25-10-12-30-13-11-25/h8-9,14,24H,3-7,10-13H2,1-2H3. The number of ether oxygens (including phenoxy) is 2. The predicted octanol–water partition coefficient (Wildman–Crippen LogP) is 3.80. The molecule has 0 atom stereocenters. The monoisotopic (exact) mass is 524 g/mol. The normalized spacial score (nSPS) is 16.1. The van der Waals surface area contributed by atoms with Gasteiger partial charge in [0.05, 0.1) is 35.8 Å². The topological polar surface area (TPSA) is 102 Å². The third-order valence-corrected chi connectivity index (χ3v) is 9.37. The summed E-state index contributed by atoms with van der Waals surface area (Å²) in [5.74, 6) is -0.732. The molecule has 1 saturated heterocycles. The fraction of sp³-hybridized carbons (Fsp3) is 0.478. The first-order chi connectivity index (χ1) is 16.4. The Labute approximate surface area is 208 Å². The van der Waals surface area contributed by atoms with Crippen molar-refractivity contribution in [3.63, 3.8) is 0 Å². The molecule has 1 amide bonds. The Kier molecular flexibility index (Phi) is 7.86. The number of hydrogen-bond acceptors (Lipinski definition) is 8. The van der Waals surface area contributed by atoms with E-state index in [1.54, 1.807) is 17.9 Å². The smallest absolute Gasteiger partial charge is 0.341 e. The number of benzene rings is 1. The van der Waals surface area contributed by atoms with Crippen molar-refractivity contribution in [2.45, 2.75) is 42.4 Å². The Hall–Kier alpha value is -2.08. The van der Waals surface area contributed by atoms with Gasteiger partial charge in [0.2, 0.25) is 0 Å². The zero-order valence-electron chi connectivity index (χ0n) is 19.2. The van der Waals surface area contributed by atoms with Crippen molar-refractivity contribution in [1.82, 2.24) is 4.90 Å². The summed E-state index contributed by atoms with van der Waals surface area (Å²) in [4.78, 5) is 29.2. The van der Waals surface area contributed by atoms with E-state index in [0.29, 0.717) is 42.3 Å². The molecule has 2 aliphatic rings. The van der Waals surface area contributed by atoms with Gasteiger partial charge in [-0.05, 0) is 62.6 Å². The van der Waals surface area contributed by atoms with Crippen LogP contribution in [0.5, 0.6) is 0 Å². The van der Waals surface area contributed by atoms with E-state index in [0.717, 1.165) is 36.1 Å². The highest BCUT2D eigenvalue weighted by Gasteiger charge is 2.30. The Morgan fingerprint density at radius 3 is 2.65 bits per heavy atom. The van der Waals surface area contributed by atoms with Crippen molar-refractivity contribution in [2.75, 3.05) is 43.9 Å². The first-order valence-corrected chi connectivity index (χ1v) is 14.8. The molecule has 8 nitrogen and oxygen atoms in total. The summed E-state index contributed by atoms with van der Waals surface area (Å²) in [5, 5.41) is 0.278. The van der Waals surface area contributed by atoms with E-state index in [1.807, 2.05) is 6.26 Å². The lowest BCUT2D eigenvalue weighted by Gasteiger charge is -2.27. The third kappa shape index (κ3) is 5.12. The van der Waals surface area contributed by atoms with Crippen LogP contribution in [0.15, 0.2) is 28.0 Å². The van der Waals surface area contributed by atoms with Gasteiger partial charge < -0.3 is 14.4 Å². The fourth-order valence-corrected chi connectivity index (χ4v) is 7.38. The van der Waals surface area contributed by atoms with Crippen molar-refractivity contribution in [2.24, 2.45) is 0 Å². The molecular weight excluding hydrogens is 496 g/mol. The molecule has 11 heteroatoms. The number of carbonyl (C=O) groups is 2. The molecule has 1 aliphatic heterocycles. The van der Waals surface area contributed by atoms with Crippen LogP contribution in [-0.4, -0.2) is 64.4 Å². The third-order valence-electron chi connectivity index (χ3n) is 5.89. The molecule has 0 unspecified atom stereocenters. The molecule has 1 aromatic carbocycles. The number of aryl methyl sites for hydroxylation is 1. The minimum absolute atomic E-state index is 0.0249. The van der Waals surface area contributed by atoms with Crippen molar-refractivity contribution in [3.05, 3.63) is 39.8 Å². The highest BCUT2D eigenvalue weighted by Crippen LogP contribution is 2.39. The van der Waals surface area contributed by atoms with E-state index in [9.17, 15) is 18.0 Å². The summed E-state index contributed by atoms with van der Waals surface area (Å²) in [6.45, 7) is 3.77. The fourth-order valence-electron chi connectivity index (χ4n) is 4.20. The number of fused-ring (bicyclic) bond motifs is 1. The van der Waals surface area contributed by atoms with Crippen molar-refractivity contribution in [1.29, 1.82) is 0 Å². The first kappa shape index (κ1) is 25.0. The number of thiophene rings is 1. The molecule has 34 heavy (non-hydrogen) atoms. The second-order valence-electron chi connectivity index (χ2n) is 8.01. The molecule has 1 aromatic heterocycles. The molecule has 0 bridgehead atoms. The largest absolute Gasteiger partial charge is 0.462 e. The highest BCUT2D eigenvalue weighted by molar-refractivity contribution is 7.98. The number of sulfonamides is 1. The number of morpholine rings is 1. The second kappa shape index (κ2) is 10.7. The number of nitrogens with zero attached hydrogens (tertiary/aromatic N) is 1. The van der Waals surface area contributed by atoms with Gasteiger partial charge in [0.25, 0.3) is 15.9 Å². The zero-order chi connectivity index (χ0) is 24.3. The Balaban J connectivity index is 1.68. The number of anilines is 1. The van der Waals surface area contributed by atoms with Gasteiger partial charge >= 0.3 is 5.97 Å². The Morgan fingerprint density at radius 1 is 1.21 bits per heavy atom. The molecule has 0 spiro atoms. The van der Waals surface area contributed by atoms with Gasteiger partial charge in [0.1, 0.15) is 5.00 Å². The molecule has 1 fully saturated rings. The van der Waals surface area contributed by atoms with E-state index in [1.165, 1.54) is 35.2 Å². The van der Waals surface area contributed by atoms with Crippen LogP contribution < -0.4 is 4.72 Å². The zero-order valence-corrected chi connectivity index (χ0v) is 21.7. The number of amides is 1. The minimum Gasteiger partial charge on any atom is -0.462 e. The molecule has 4 rings (SSSR count). The molecule has 184 valence electrons. The van der Waals surface area contributed by atoms with E-state index in [4.69, 9.17) is 9.47 Å². The summed E-state index contributed by atoms with van der Waals surface area (Å²) < 4.78 is 40.0. The highest BCUT2D eigenvalue weighted by atomic mass is 32.2. The maximum atomic E-state index is 13.4. The lowest BCUT2D eigenvalue weighted by Crippen LogP contribution is -2.41. The number of nitrogens with one attached hydrogen (secondary N) is 1. The Bertz CT molecular complexity index is 1190. The maximum absolute atomic E-state index is 13.4. The number of thioether (sulfide) groups is 1. The van der Waals surface area contributed by atoms with Crippen LogP contribution in [0, 0.1) is 0 Å². The first-order valence-electron chi connectivity index (χ1n) is 11.2. The summed E-state index contributed by atoms with van der Waals surface area (Å²) in [6.07, 6.45) is 5.34. The van der Waals surface area contributed by atoms with Gasteiger partial charge in [0, 0.05) is 22.9 Å². The maximum Gasteiger partial charge on any atom is 0.341 e. The number of carbonyl (C=O) groups excluding carboxylic acids is 2. The van der Waals surface area contributed by atoms with Crippen LogP contribution in [0.25, 0.3) is 0 Å². The molecular formula is C23H28N2O6S3. The molecule has 0 radical (unpaired) electrons. The molecule has 2 aromatic rings. The van der Waals surface area contributed by atoms with Crippen molar-refractivity contribution in [3.8, 4) is 0 Å². The molecule has 1 N–H and O–H groups in total. The lowest BCUT2D eigenvalue weighted by molar-refractivity contribution is 0.0300. The molecule has 0 saturated carbocycles. The SMILES string of the molecule is CCOC(=O)c1c(NS(=O)(=O)c2ccc(SC)c(C(=O)N3CCOCC3)c2)sc2c1CCCC2. The van der Waals surface area contributed by atoms with Gasteiger partial charge in [-0.15, -0.1) is 23.1 Å². The number of esters is 1. The van der Waals surface area contributed by atoms with E-state index in [2.05, 4.69) is 4.72 Å².